The zero-order valence-electron chi connectivity index (χ0n) is 10.8. The fourth-order valence-corrected chi connectivity index (χ4v) is 3.26. The molecule has 1 aromatic rings. The normalized spacial score (nSPS) is 32.4. The van der Waals surface area contributed by atoms with Gasteiger partial charge in [0.1, 0.15) is 11.8 Å². The number of nitrogens with zero attached hydrogens (tertiary/aromatic N) is 3. The van der Waals surface area contributed by atoms with Gasteiger partial charge in [-0.15, -0.1) is 0 Å². The molecule has 1 aliphatic carbocycles. The maximum atomic E-state index is 11.0. The summed E-state index contributed by atoms with van der Waals surface area (Å²) in [7, 11) is 0. The zero-order chi connectivity index (χ0) is 14.1. The third-order valence-corrected chi connectivity index (χ3v) is 4.28. The van der Waals surface area contributed by atoms with E-state index in [4.69, 9.17) is 5.26 Å². The van der Waals surface area contributed by atoms with E-state index in [1.807, 2.05) is 12.1 Å². The van der Waals surface area contributed by atoms with Crippen LogP contribution in [0.1, 0.15) is 36.6 Å². The monoisotopic (exact) mass is 273 g/mol. The maximum Gasteiger partial charge on any atom is 0.213 e. The highest BCUT2D eigenvalue weighted by molar-refractivity contribution is 5.29. The SMILES string of the molecule is N#Cc1cc(C2NNC3CCC([N+](=O)[O-])CC32)ccn1. The number of hydrogen-bond donors (Lipinski definition) is 2. The van der Waals surface area contributed by atoms with Gasteiger partial charge in [-0.3, -0.25) is 15.5 Å². The molecule has 1 aromatic heterocycles. The van der Waals surface area contributed by atoms with Crippen molar-refractivity contribution in [1.82, 2.24) is 15.8 Å². The fourth-order valence-electron chi connectivity index (χ4n) is 3.26. The van der Waals surface area contributed by atoms with Crippen LogP contribution in [0.3, 0.4) is 0 Å². The van der Waals surface area contributed by atoms with Gasteiger partial charge in [-0.05, 0) is 24.1 Å². The van der Waals surface area contributed by atoms with Crippen LogP contribution in [0.25, 0.3) is 0 Å². The van der Waals surface area contributed by atoms with Crippen LogP contribution in [0.2, 0.25) is 0 Å². The molecule has 7 nitrogen and oxygen atoms in total. The van der Waals surface area contributed by atoms with E-state index in [0.29, 0.717) is 18.5 Å². The summed E-state index contributed by atoms with van der Waals surface area (Å²) in [5.41, 5.74) is 7.77. The van der Waals surface area contributed by atoms with Crippen LogP contribution in [-0.2, 0) is 0 Å². The molecule has 0 bridgehead atoms. The van der Waals surface area contributed by atoms with Crippen LogP contribution < -0.4 is 10.9 Å². The Morgan fingerprint density at radius 2 is 2.30 bits per heavy atom. The van der Waals surface area contributed by atoms with Crippen molar-refractivity contribution in [2.75, 3.05) is 0 Å². The molecule has 4 unspecified atom stereocenters. The Bertz CT molecular complexity index is 570. The van der Waals surface area contributed by atoms with E-state index in [2.05, 4.69) is 15.8 Å². The standard InChI is InChI=1S/C13H15N5O2/c14-7-9-5-8(3-4-15-9)13-11-6-10(18(19)20)1-2-12(11)16-17-13/h3-5,10-13,16-17H,1-2,6H2. The minimum Gasteiger partial charge on any atom is -0.264 e. The summed E-state index contributed by atoms with van der Waals surface area (Å²) in [5.74, 6) is 0.174. The molecule has 0 spiro atoms. The fraction of sp³-hybridized carbons (Fsp3) is 0.538. The molecule has 7 heteroatoms. The summed E-state index contributed by atoms with van der Waals surface area (Å²) < 4.78 is 0. The van der Waals surface area contributed by atoms with Crippen LogP contribution in [0.4, 0.5) is 0 Å². The molecule has 2 fully saturated rings. The number of nitriles is 1. The highest BCUT2D eigenvalue weighted by Crippen LogP contribution is 2.38. The molecule has 20 heavy (non-hydrogen) atoms. The number of nitro groups is 1. The first kappa shape index (κ1) is 13.0. The van der Waals surface area contributed by atoms with Crippen molar-refractivity contribution in [3.63, 3.8) is 0 Å². The van der Waals surface area contributed by atoms with E-state index in [1.165, 1.54) is 0 Å². The summed E-state index contributed by atoms with van der Waals surface area (Å²) in [6.45, 7) is 0. The van der Waals surface area contributed by atoms with Gasteiger partial charge in [0.2, 0.25) is 6.04 Å². The number of rotatable bonds is 2. The van der Waals surface area contributed by atoms with Crippen molar-refractivity contribution in [1.29, 1.82) is 5.26 Å². The van der Waals surface area contributed by atoms with E-state index in [-0.39, 0.29) is 22.9 Å². The van der Waals surface area contributed by atoms with Gasteiger partial charge < -0.3 is 0 Å². The molecule has 2 N–H and O–H groups in total. The molecule has 1 aliphatic heterocycles. The van der Waals surface area contributed by atoms with Crippen molar-refractivity contribution in [2.45, 2.75) is 37.4 Å². The number of hydrogen-bond acceptors (Lipinski definition) is 6. The van der Waals surface area contributed by atoms with Crippen LogP contribution in [0.5, 0.6) is 0 Å². The number of nitrogens with one attached hydrogen (secondary N) is 2. The summed E-state index contributed by atoms with van der Waals surface area (Å²) in [6.07, 6.45) is 3.59. The minimum atomic E-state index is -0.460. The summed E-state index contributed by atoms with van der Waals surface area (Å²) >= 11 is 0. The van der Waals surface area contributed by atoms with Gasteiger partial charge in [-0.2, -0.15) is 5.26 Å². The van der Waals surface area contributed by atoms with Crippen LogP contribution in [-0.4, -0.2) is 22.0 Å². The van der Waals surface area contributed by atoms with E-state index in [0.717, 1.165) is 12.0 Å². The third-order valence-electron chi connectivity index (χ3n) is 4.28. The summed E-state index contributed by atoms with van der Waals surface area (Å²) in [5, 5.41) is 19.9. The maximum absolute atomic E-state index is 11.0. The molecule has 0 amide bonds. The predicted molar refractivity (Wildman–Crippen MR) is 69.9 cm³/mol. The van der Waals surface area contributed by atoms with E-state index in [9.17, 15) is 10.1 Å². The lowest BCUT2D eigenvalue weighted by atomic mass is 9.77. The molecule has 1 saturated carbocycles. The summed E-state index contributed by atoms with van der Waals surface area (Å²) in [4.78, 5) is 14.8. The Morgan fingerprint density at radius 1 is 1.45 bits per heavy atom. The van der Waals surface area contributed by atoms with Gasteiger partial charge in [-0.1, -0.05) is 0 Å². The van der Waals surface area contributed by atoms with Crippen molar-refractivity contribution >= 4 is 0 Å². The average Bonchev–Trinajstić information content (AvgIpc) is 2.90. The lowest BCUT2D eigenvalue weighted by Crippen LogP contribution is -2.39. The second kappa shape index (κ2) is 5.15. The first-order valence-corrected chi connectivity index (χ1v) is 6.69. The number of aromatic nitrogens is 1. The van der Waals surface area contributed by atoms with Crippen LogP contribution in [0, 0.1) is 27.4 Å². The minimum absolute atomic E-state index is 0.00199. The molecule has 104 valence electrons. The highest BCUT2D eigenvalue weighted by Gasteiger charge is 2.44. The number of pyridine rings is 1. The predicted octanol–water partition coefficient (Wildman–Crippen LogP) is 0.916. The Kier molecular flexibility index (Phi) is 3.34. The van der Waals surface area contributed by atoms with Gasteiger partial charge in [0, 0.05) is 35.9 Å². The summed E-state index contributed by atoms with van der Waals surface area (Å²) in [6, 6.07) is 5.43. The highest BCUT2D eigenvalue weighted by atomic mass is 16.6. The van der Waals surface area contributed by atoms with Gasteiger partial charge in [0.25, 0.3) is 0 Å². The van der Waals surface area contributed by atoms with Gasteiger partial charge in [-0.25, -0.2) is 10.4 Å². The Labute approximate surface area is 116 Å². The molecular formula is C13H15N5O2. The van der Waals surface area contributed by atoms with Crippen LogP contribution >= 0.6 is 0 Å². The Hall–Kier alpha value is -2.04. The second-order valence-corrected chi connectivity index (χ2v) is 5.38. The van der Waals surface area contributed by atoms with Crippen molar-refractivity contribution in [3.05, 3.63) is 39.7 Å². The van der Waals surface area contributed by atoms with E-state index in [1.54, 1.807) is 12.3 Å². The molecule has 0 aromatic carbocycles. The number of fused-ring (bicyclic) bond motifs is 1. The Balaban J connectivity index is 1.83. The molecule has 4 atom stereocenters. The van der Waals surface area contributed by atoms with Gasteiger partial charge in [0.15, 0.2) is 0 Å². The number of hydrazine groups is 1. The van der Waals surface area contributed by atoms with Crippen molar-refractivity contribution in [3.8, 4) is 6.07 Å². The first-order chi connectivity index (χ1) is 9.69. The van der Waals surface area contributed by atoms with Crippen molar-refractivity contribution < 1.29 is 4.92 Å². The molecule has 3 rings (SSSR count). The van der Waals surface area contributed by atoms with Crippen molar-refractivity contribution in [2.24, 2.45) is 5.92 Å². The smallest absolute Gasteiger partial charge is 0.213 e. The van der Waals surface area contributed by atoms with Gasteiger partial charge >= 0.3 is 0 Å². The van der Waals surface area contributed by atoms with E-state index < -0.39 is 6.04 Å². The molecule has 1 saturated heterocycles. The first-order valence-electron chi connectivity index (χ1n) is 6.69. The van der Waals surface area contributed by atoms with E-state index >= 15 is 0 Å². The zero-order valence-corrected chi connectivity index (χ0v) is 10.8. The second-order valence-electron chi connectivity index (χ2n) is 5.38. The lowest BCUT2D eigenvalue weighted by Gasteiger charge is -2.29. The van der Waals surface area contributed by atoms with Gasteiger partial charge in [0.05, 0.1) is 6.04 Å². The Morgan fingerprint density at radius 3 is 3.05 bits per heavy atom. The molecule has 0 radical (unpaired) electrons. The quantitative estimate of drug-likeness (QED) is 0.613. The lowest BCUT2D eigenvalue weighted by molar-refractivity contribution is -0.528. The molecule has 2 aliphatic rings. The molecular weight excluding hydrogens is 258 g/mol. The third kappa shape index (κ3) is 2.24. The topological polar surface area (TPSA) is 104 Å². The largest absolute Gasteiger partial charge is 0.264 e. The molecule has 2 heterocycles. The van der Waals surface area contributed by atoms with Crippen LogP contribution in [0.15, 0.2) is 18.3 Å². The average molecular weight is 273 g/mol.